The molecule has 1 fully saturated rings. The number of nitrogens with zero attached hydrogens (tertiary/aromatic N) is 2. The van der Waals surface area contributed by atoms with E-state index in [1.165, 1.54) is 25.1 Å². The topological polar surface area (TPSA) is 88.1 Å². The molecule has 2 aromatic rings. The summed E-state index contributed by atoms with van der Waals surface area (Å²) in [4.78, 5) is 17.5. The molecule has 0 aromatic heterocycles. The van der Waals surface area contributed by atoms with Gasteiger partial charge in [0.2, 0.25) is 10.0 Å². The fourth-order valence-electron chi connectivity index (χ4n) is 4.91. The molecule has 44 heavy (non-hydrogen) atoms. The largest absolute Gasteiger partial charge is 0.439 e. The van der Waals surface area contributed by atoms with Crippen molar-refractivity contribution in [3.8, 4) is 0 Å². The van der Waals surface area contributed by atoms with Crippen LogP contribution in [0, 0.1) is 12.7 Å². The molecule has 0 radical (unpaired) electrons. The average Bonchev–Trinajstić information content (AvgIpc) is 3.03. The molecule has 4 rings (SSSR count). The van der Waals surface area contributed by atoms with Crippen LogP contribution >= 0.6 is 0 Å². The fraction of sp³-hybridized carbons (Fsp3) is 0.407. The molecule has 0 aliphatic carbocycles. The number of amides is 1. The number of hydrogen-bond donors (Lipinski definition) is 1. The fourth-order valence-corrected chi connectivity index (χ4v) is 5.81. The molecule has 1 atom stereocenters. The van der Waals surface area contributed by atoms with Crippen LogP contribution in [0.5, 0.6) is 0 Å². The molecule has 7 nitrogen and oxygen atoms in total. The summed E-state index contributed by atoms with van der Waals surface area (Å²) in [6.07, 6.45) is -14.9. The summed E-state index contributed by atoms with van der Waals surface area (Å²) in [6.45, 7) is 4.93. The summed E-state index contributed by atoms with van der Waals surface area (Å²) in [5, 5.41) is 6.17. The lowest BCUT2D eigenvalue weighted by Gasteiger charge is -2.37. The van der Waals surface area contributed by atoms with Crippen LogP contribution in [0.2, 0.25) is 0 Å². The van der Waals surface area contributed by atoms with E-state index in [1.54, 1.807) is 0 Å². The summed E-state index contributed by atoms with van der Waals surface area (Å²) in [7, 11) is -3.41. The molecule has 0 saturated carbocycles. The minimum Gasteiger partial charge on any atom is -0.370 e. The highest BCUT2D eigenvalue weighted by Crippen LogP contribution is 2.52. The van der Waals surface area contributed by atoms with Crippen molar-refractivity contribution in [2.75, 3.05) is 19.3 Å². The van der Waals surface area contributed by atoms with Gasteiger partial charge in [-0.05, 0) is 60.7 Å². The van der Waals surface area contributed by atoms with E-state index in [1.807, 2.05) is 0 Å². The van der Waals surface area contributed by atoms with Crippen molar-refractivity contribution in [3.63, 3.8) is 0 Å². The number of carbonyl (C=O) groups is 1. The number of alkyl halides is 8. The third-order valence-electron chi connectivity index (χ3n) is 7.35. The van der Waals surface area contributed by atoms with E-state index in [0.717, 1.165) is 10.6 Å². The first-order chi connectivity index (χ1) is 20.2. The van der Waals surface area contributed by atoms with E-state index >= 15 is 4.39 Å². The van der Waals surface area contributed by atoms with Gasteiger partial charge in [0.05, 0.1) is 29.1 Å². The molecule has 17 heteroatoms. The first-order valence-corrected chi connectivity index (χ1v) is 14.6. The van der Waals surface area contributed by atoms with Crippen molar-refractivity contribution in [1.82, 2.24) is 9.62 Å². The zero-order chi connectivity index (χ0) is 33.0. The van der Waals surface area contributed by atoms with E-state index in [9.17, 15) is 48.3 Å². The number of sulfonamides is 1. The Morgan fingerprint density at radius 1 is 1.11 bits per heavy atom. The normalized spacial score (nSPS) is 20.5. The van der Waals surface area contributed by atoms with Crippen molar-refractivity contribution >= 4 is 21.6 Å². The van der Waals surface area contributed by atoms with Gasteiger partial charge in [-0.2, -0.15) is 30.6 Å². The maximum Gasteiger partial charge on any atom is 0.439 e. The number of aryl methyl sites for hydroxylation is 1. The molecule has 0 unspecified atom stereocenters. The van der Waals surface area contributed by atoms with Gasteiger partial charge >= 0.3 is 12.4 Å². The van der Waals surface area contributed by atoms with E-state index in [2.05, 4.69) is 17.1 Å². The molecule has 2 aromatic carbocycles. The van der Waals surface area contributed by atoms with Crippen molar-refractivity contribution in [2.24, 2.45) is 5.16 Å². The van der Waals surface area contributed by atoms with Crippen LogP contribution in [0.3, 0.4) is 0 Å². The van der Waals surface area contributed by atoms with Gasteiger partial charge in [-0.3, -0.25) is 4.79 Å². The molecular formula is C27H24F9N3O4S. The van der Waals surface area contributed by atoms with E-state index in [4.69, 9.17) is 4.84 Å². The number of hydrogen-bond acceptors (Lipinski definition) is 5. The lowest BCUT2D eigenvalue weighted by Crippen LogP contribution is -2.60. The van der Waals surface area contributed by atoms with Crippen molar-refractivity contribution < 1.29 is 57.6 Å². The molecule has 240 valence electrons. The van der Waals surface area contributed by atoms with Gasteiger partial charge < -0.3 is 10.2 Å². The number of rotatable bonds is 6. The highest BCUT2D eigenvalue weighted by atomic mass is 32.2. The second kappa shape index (κ2) is 11.4. The second-order valence-corrected chi connectivity index (χ2v) is 12.4. The molecule has 2 heterocycles. The molecular weight excluding hydrogens is 633 g/mol. The minimum absolute atomic E-state index is 0.0754. The zero-order valence-electron chi connectivity index (χ0n) is 22.9. The Morgan fingerprint density at radius 2 is 1.75 bits per heavy atom. The summed E-state index contributed by atoms with van der Waals surface area (Å²) in [6, 6.07) is 3.07. The highest BCUT2D eigenvalue weighted by Gasteiger charge is 2.63. The van der Waals surface area contributed by atoms with Gasteiger partial charge in [0.15, 0.2) is 0 Å². The highest BCUT2D eigenvalue weighted by molar-refractivity contribution is 7.88. The van der Waals surface area contributed by atoms with Crippen LogP contribution < -0.4 is 5.32 Å². The third kappa shape index (κ3) is 6.16. The Hall–Kier alpha value is -3.60. The Morgan fingerprint density at radius 3 is 2.27 bits per heavy atom. The molecule has 0 bridgehead atoms. The Labute approximate surface area is 245 Å². The summed E-state index contributed by atoms with van der Waals surface area (Å²) in [5.74, 6) is -2.80. The SMILES string of the molecule is C=C1CCC(c2ccc(C(=O)NC3CN(S(C)(=O)=O)C3)c(C)c2)=NO[C@]1(c1cc(C(F)(F)F)cc(C(F)F)c1F)C(F)(F)F. The van der Waals surface area contributed by atoms with Crippen LogP contribution in [0.1, 0.15) is 57.4 Å². The Bertz CT molecular complexity index is 1630. The number of halogens is 9. The Balaban J connectivity index is 1.69. The number of nitrogens with one attached hydrogen (secondary N) is 1. The maximum absolute atomic E-state index is 15.2. The van der Waals surface area contributed by atoms with Crippen LogP contribution in [0.25, 0.3) is 0 Å². The lowest BCUT2D eigenvalue weighted by atomic mass is 9.81. The van der Waals surface area contributed by atoms with Crippen molar-refractivity contribution in [3.05, 3.63) is 81.7 Å². The monoisotopic (exact) mass is 657 g/mol. The average molecular weight is 658 g/mol. The standard InChI is InChI=1S/C27H24F9N3O4S/c1-13-8-15(5-6-18(13)24(40)37-17-11-39(12-17)44(3,41)42)21-7-4-14(2)25(43-38-21,27(34,35)36)20-10-16(26(31,32)33)9-19(22(20)28)23(29)30/h5-6,8-10,17,23H,2,4,7,11-12H2,1,3H3,(H,37,40)/t25-/m1/s1. The lowest BCUT2D eigenvalue weighted by molar-refractivity contribution is -0.270. The first kappa shape index (κ1) is 33.3. The molecule has 2 aliphatic rings. The molecule has 1 amide bonds. The van der Waals surface area contributed by atoms with Gasteiger partial charge in [-0.15, -0.1) is 0 Å². The van der Waals surface area contributed by atoms with Crippen LogP contribution in [-0.2, 0) is 26.6 Å². The van der Waals surface area contributed by atoms with Gasteiger partial charge in [0, 0.05) is 24.2 Å². The van der Waals surface area contributed by atoms with Gasteiger partial charge in [-0.1, -0.05) is 17.8 Å². The van der Waals surface area contributed by atoms with E-state index in [0.29, 0.717) is 5.56 Å². The number of benzene rings is 2. The maximum atomic E-state index is 15.2. The van der Waals surface area contributed by atoms with Crippen LogP contribution in [0.15, 0.2) is 47.6 Å². The summed E-state index contributed by atoms with van der Waals surface area (Å²) < 4.78 is 151. The van der Waals surface area contributed by atoms with Gasteiger partial charge in [0.1, 0.15) is 5.82 Å². The Kier molecular flexibility index (Phi) is 8.62. The number of carbonyl (C=O) groups excluding carboxylic acids is 1. The smallest absolute Gasteiger partial charge is 0.370 e. The van der Waals surface area contributed by atoms with Crippen LogP contribution in [-0.4, -0.2) is 55.9 Å². The van der Waals surface area contributed by atoms with Gasteiger partial charge in [-0.25, -0.2) is 21.6 Å². The zero-order valence-corrected chi connectivity index (χ0v) is 23.7. The van der Waals surface area contributed by atoms with E-state index in [-0.39, 0.29) is 48.5 Å². The van der Waals surface area contributed by atoms with Crippen molar-refractivity contribution in [2.45, 2.75) is 50.2 Å². The third-order valence-corrected chi connectivity index (χ3v) is 8.59. The quantitative estimate of drug-likeness (QED) is 0.306. The first-order valence-electron chi connectivity index (χ1n) is 12.7. The second-order valence-electron chi connectivity index (χ2n) is 10.4. The minimum atomic E-state index is -5.69. The predicted octanol–water partition coefficient (Wildman–Crippen LogP) is 5.99. The predicted molar refractivity (Wildman–Crippen MR) is 139 cm³/mol. The molecule has 0 spiro atoms. The molecule has 1 N–H and O–H groups in total. The summed E-state index contributed by atoms with van der Waals surface area (Å²) >= 11 is 0. The van der Waals surface area contributed by atoms with Crippen molar-refractivity contribution in [1.29, 1.82) is 0 Å². The van der Waals surface area contributed by atoms with Crippen LogP contribution in [0.4, 0.5) is 39.5 Å². The molecule has 2 aliphatic heterocycles. The van der Waals surface area contributed by atoms with E-state index < -0.39 is 80.9 Å². The number of oxime groups is 1. The van der Waals surface area contributed by atoms with Gasteiger partial charge in [0.25, 0.3) is 17.9 Å². The summed E-state index contributed by atoms with van der Waals surface area (Å²) in [5.41, 5.74) is -10.3. The molecule has 1 saturated heterocycles.